The number of nitrogens with zero attached hydrogens (tertiary/aromatic N) is 3. The Balaban J connectivity index is 1.47. The molecule has 3 heterocycles. The molecule has 0 saturated carbocycles. The van der Waals surface area contributed by atoms with Crippen molar-refractivity contribution in [2.24, 2.45) is 0 Å². The molecule has 5 nitrogen and oxygen atoms in total. The fourth-order valence-electron chi connectivity index (χ4n) is 4.78. The standard InChI is InChI=1S/C20H32N4O/c1-15-14-18(21-2)20-17(6-13-25-20)19(15)24-7-4-16(5-8-24)23-11-9-22(3)10-12-23/h14,16,21H,4-13H2,1-3H3. The lowest BCUT2D eigenvalue weighted by atomic mass is 9.97. The van der Waals surface area contributed by atoms with E-state index in [4.69, 9.17) is 4.74 Å². The summed E-state index contributed by atoms with van der Waals surface area (Å²) in [6.07, 6.45) is 3.61. The third-order valence-electron chi connectivity index (χ3n) is 6.24. The van der Waals surface area contributed by atoms with Gasteiger partial charge in [0.05, 0.1) is 12.3 Å². The molecule has 0 aliphatic carbocycles. The molecule has 3 aliphatic rings. The fraction of sp³-hybridized carbons (Fsp3) is 0.700. The highest BCUT2D eigenvalue weighted by Crippen LogP contribution is 2.43. The molecule has 0 radical (unpaired) electrons. The predicted molar refractivity (Wildman–Crippen MR) is 104 cm³/mol. The quantitative estimate of drug-likeness (QED) is 0.908. The maximum atomic E-state index is 5.93. The summed E-state index contributed by atoms with van der Waals surface area (Å²) in [5, 5.41) is 3.30. The van der Waals surface area contributed by atoms with E-state index in [1.807, 2.05) is 7.05 Å². The van der Waals surface area contributed by atoms with Gasteiger partial charge in [-0.2, -0.15) is 0 Å². The van der Waals surface area contributed by atoms with Crippen LogP contribution in [0.5, 0.6) is 5.75 Å². The molecule has 1 aromatic rings. The normalized spacial score (nSPS) is 22.8. The van der Waals surface area contributed by atoms with E-state index < -0.39 is 0 Å². The summed E-state index contributed by atoms with van der Waals surface area (Å²) < 4.78 is 5.93. The highest BCUT2D eigenvalue weighted by atomic mass is 16.5. The topological polar surface area (TPSA) is 31.0 Å². The average Bonchev–Trinajstić information content (AvgIpc) is 3.11. The van der Waals surface area contributed by atoms with Crippen molar-refractivity contribution in [3.8, 4) is 5.75 Å². The molecule has 138 valence electrons. The Kier molecular flexibility index (Phi) is 4.78. The van der Waals surface area contributed by atoms with E-state index >= 15 is 0 Å². The van der Waals surface area contributed by atoms with Crippen LogP contribution < -0.4 is 15.0 Å². The highest BCUT2D eigenvalue weighted by Gasteiger charge is 2.30. The second kappa shape index (κ2) is 7.04. The lowest BCUT2D eigenvalue weighted by Crippen LogP contribution is -2.52. The van der Waals surface area contributed by atoms with Crippen molar-refractivity contribution in [2.75, 3.05) is 70.2 Å². The molecular formula is C20H32N4O. The first kappa shape index (κ1) is 17.0. The van der Waals surface area contributed by atoms with Gasteiger partial charge in [0.1, 0.15) is 5.75 Å². The molecule has 0 spiro atoms. The number of piperazine rings is 1. The van der Waals surface area contributed by atoms with Crippen LogP contribution in [-0.2, 0) is 6.42 Å². The molecular weight excluding hydrogens is 312 g/mol. The van der Waals surface area contributed by atoms with Crippen molar-refractivity contribution >= 4 is 11.4 Å². The van der Waals surface area contributed by atoms with Gasteiger partial charge in [-0.15, -0.1) is 0 Å². The monoisotopic (exact) mass is 344 g/mol. The maximum absolute atomic E-state index is 5.93. The molecule has 0 unspecified atom stereocenters. The first-order chi connectivity index (χ1) is 12.2. The first-order valence-corrected chi connectivity index (χ1v) is 9.82. The summed E-state index contributed by atoms with van der Waals surface area (Å²) in [5.41, 5.74) is 5.39. The Morgan fingerprint density at radius 1 is 1.08 bits per heavy atom. The Labute approximate surface area is 151 Å². The molecule has 0 atom stereocenters. The Hall–Kier alpha value is -1.46. The van der Waals surface area contributed by atoms with Gasteiger partial charge < -0.3 is 19.9 Å². The number of nitrogens with one attached hydrogen (secondary N) is 1. The van der Waals surface area contributed by atoms with Crippen LogP contribution in [0.15, 0.2) is 6.07 Å². The van der Waals surface area contributed by atoms with Gasteiger partial charge in [0.25, 0.3) is 0 Å². The second-order valence-corrected chi connectivity index (χ2v) is 7.80. The summed E-state index contributed by atoms with van der Waals surface area (Å²) in [4.78, 5) is 7.79. The number of hydrogen-bond donors (Lipinski definition) is 1. The zero-order chi connectivity index (χ0) is 17.4. The molecule has 2 saturated heterocycles. The summed E-state index contributed by atoms with van der Waals surface area (Å²) in [5.74, 6) is 1.09. The summed E-state index contributed by atoms with van der Waals surface area (Å²) in [7, 11) is 4.22. The van der Waals surface area contributed by atoms with Crippen LogP contribution in [0.4, 0.5) is 11.4 Å². The zero-order valence-corrected chi connectivity index (χ0v) is 16.0. The van der Waals surface area contributed by atoms with E-state index in [2.05, 4.69) is 40.1 Å². The number of hydrogen-bond acceptors (Lipinski definition) is 5. The number of aryl methyl sites for hydroxylation is 1. The smallest absolute Gasteiger partial charge is 0.147 e. The number of ether oxygens (including phenoxy) is 1. The first-order valence-electron chi connectivity index (χ1n) is 9.82. The maximum Gasteiger partial charge on any atom is 0.147 e. The van der Waals surface area contributed by atoms with Crippen molar-refractivity contribution in [1.82, 2.24) is 9.80 Å². The molecule has 3 aliphatic heterocycles. The number of fused-ring (bicyclic) bond motifs is 1. The lowest BCUT2D eigenvalue weighted by Gasteiger charge is -2.43. The molecule has 4 rings (SSSR count). The number of piperidine rings is 1. The van der Waals surface area contributed by atoms with E-state index in [9.17, 15) is 0 Å². The number of rotatable bonds is 3. The van der Waals surface area contributed by atoms with E-state index in [0.717, 1.165) is 30.5 Å². The molecule has 5 heteroatoms. The van der Waals surface area contributed by atoms with Gasteiger partial charge >= 0.3 is 0 Å². The van der Waals surface area contributed by atoms with Crippen molar-refractivity contribution in [1.29, 1.82) is 0 Å². The van der Waals surface area contributed by atoms with Crippen molar-refractivity contribution in [3.05, 3.63) is 17.2 Å². The zero-order valence-electron chi connectivity index (χ0n) is 16.0. The van der Waals surface area contributed by atoms with E-state index in [1.54, 1.807) is 0 Å². The van der Waals surface area contributed by atoms with Crippen LogP contribution in [0.25, 0.3) is 0 Å². The van der Waals surface area contributed by atoms with Crippen LogP contribution in [-0.4, -0.2) is 75.8 Å². The summed E-state index contributed by atoms with van der Waals surface area (Å²) >= 11 is 0. The number of likely N-dealkylation sites (N-methyl/N-ethyl adjacent to an activating group) is 1. The third kappa shape index (κ3) is 3.20. The van der Waals surface area contributed by atoms with Gasteiger partial charge in [-0.3, -0.25) is 4.90 Å². The van der Waals surface area contributed by atoms with Crippen molar-refractivity contribution in [2.45, 2.75) is 32.2 Å². The lowest BCUT2D eigenvalue weighted by molar-refractivity contribution is 0.0982. The second-order valence-electron chi connectivity index (χ2n) is 7.80. The van der Waals surface area contributed by atoms with E-state index in [-0.39, 0.29) is 0 Å². The van der Waals surface area contributed by atoms with Crippen LogP contribution in [0.1, 0.15) is 24.0 Å². The third-order valence-corrected chi connectivity index (χ3v) is 6.24. The number of anilines is 2. The van der Waals surface area contributed by atoms with Gasteiger partial charge in [0.15, 0.2) is 0 Å². The van der Waals surface area contributed by atoms with Gasteiger partial charge in [-0.05, 0) is 38.4 Å². The van der Waals surface area contributed by atoms with Crippen molar-refractivity contribution < 1.29 is 4.74 Å². The molecule has 1 N–H and O–H groups in total. The minimum atomic E-state index is 0.770. The van der Waals surface area contributed by atoms with E-state index in [1.165, 1.54) is 68.9 Å². The van der Waals surface area contributed by atoms with Crippen molar-refractivity contribution in [3.63, 3.8) is 0 Å². The molecule has 0 aromatic heterocycles. The fourth-order valence-corrected chi connectivity index (χ4v) is 4.78. The SMILES string of the molecule is CNc1cc(C)c(N2CCC(N3CCN(C)CC3)CC2)c2c1OCC2. The summed E-state index contributed by atoms with van der Waals surface area (Å²) in [6.45, 7) is 10.3. The molecule has 2 fully saturated rings. The molecule has 1 aromatic carbocycles. The van der Waals surface area contributed by atoms with Gasteiger partial charge in [-0.25, -0.2) is 0 Å². The Bertz CT molecular complexity index is 617. The largest absolute Gasteiger partial charge is 0.491 e. The Morgan fingerprint density at radius 3 is 2.48 bits per heavy atom. The highest BCUT2D eigenvalue weighted by molar-refractivity contribution is 5.75. The molecule has 25 heavy (non-hydrogen) atoms. The Morgan fingerprint density at radius 2 is 1.80 bits per heavy atom. The molecule has 0 bridgehead atoms. The van der Waals surface area contributed by atoms with E-state index in [0.29, 0.717) is 0 Å². The van der Waals surface area contributed by atoms with Gasteiger partial charge in [0.2, 0.25) is 0 Å². The van der Waals surface area contributed by atoms with Crippen LogP contribution >= 0.6 is 0 Å². The molecule has 0 amide bonds. The van der Waals surface area contributed by atoms with Crippen LogP contribution in [0, 0.1) is 6.92 Å². The van der Waals surface area contributed by atoms with Gasteiger partial charge in [0, 0.05) is 70.0 Å². The number of benzene rings is 1. The van der Waals surface area contributed by atoms with Gasteiger partial charge in [-0.1, -0.05) is 0 Å². The minimum Gasteiger partial charge on any atom is -0.491 e. The average molecular weight is 345 g/mol. The van der Waals surface area contributed by atoms with Crippen LogP contribution in [0.3, 0.4) is 0 Å². The summed E-state index contributed by atoms with van der Waals surface area (Å²) in [6, 6.07) is 3.03. The minimum absolute atomic E-state index is 0.770. The predicted octanol–water partition coefficient (Wildman–Crippen LogP) is 2.19. The van der Waals surface area contributed by atoms with Crippen LogP contribution in [0.2, 0.25) is 0 Å².